The first-order valence-electron chi connectivity index (χ1n) is 4.26. The van der Waals surface area contributed by atoms with Gasteiger partial charge in [0.05, 0.1) is 17.2 Å². The van der Waals surface area contributed by atoms with Crippen molar-refractivity contribution >= 4 is 34.7 Å². The maximum Gasteiger partial charge on any atom is 0.330 e. The van der Waals surface area contributed by atoms with Gasteiger partial charge in [-0.05, 0) is 30.2 Å². The van der Waals surface area contributed by atoms with Crippen LogP contribution in [0.15, 0.2) is 24.3 Å². The zero-order chi connectivity index (χ0) is 11.4. The highest BCUT2D eigenvalue weighted by Crippen LogP contribution is 2.25. The summed E-state index contributed by atoms with van der Waals surface area (Å²) in [6.07, 6.45) is 1.40. The van der Waals surface area contributed by atoms with Crippen LogP contribution < -0.4 is 0 Å². The largest absolute Gasteiger partial charge is 0.466 e. The zero-order valence-electron chi connectivity index (χ0n) is 8.38. The smallest absolute Gasteiger partial charge is 0.330 e. The summed E-state index contributed by atoms with van der Waals surface area (Å²) in [4.78, 5) is 11.0. The van der Waals surface area contributed by atoms with E-state index in [9.17, 15) is 4.79 Å². The van der Waals surface area contributed by atoms with Crippen LogP contribution in [-0.4, -0.2) is 13.1 Å². The van der Waals surface area contributed by atoms with Crippen molar-refractivity contribution in [3.63, 3.8) is 0 Å². The van der Waals surface area contributed by atoms with Crippen LogP contribution in [0.3, 0.4) is 0 Å². The van der Waals surface area contributed by atoms with Crippen LogP contribution in [0.25, 0.3) is 5.57 Å². The first-order valence-corrected chi connectivity index (χ1v) is 5.02. The van der Waals surface area contributed by atoms with Crippen molar-refractivity contribution in [2.45, 2.75) is 6.92 Å². The first kappa shape index (κ1) is 12.1. The van der Waals surface area contributed by atoms with Crippen LogP contribution in [0.5, 0.6) is 0 Å². The quantitative estimate of drug-likeness (QED) is 0.588. The monoisotopic (exact) mass is 244 g/mol. The standard InChI is InChI=1S/C11H10Cl2O2/c1-7(5-11(14)15-2)8-3-4-9(12)10(13)6-8/h3-6H,1-2H3/b7-5-. The molecule has 1 aromatic carbocycles. The van der Waals surface area contributed by atoms with E-state index in [1.807, 2.05) is 0 Å². The van der Waals surface area contributed by atoms with E-state index in [1.165, 1.54) is 13.2 Å². The second kappa shape index (κ2) is 5.19. The topological polar surface area (TPSA) is 26.3 Å². The van der Waals surface area contributed by atoms with Crippen LogP contribution in [0.4, 0.5) is 0 Å². The summed E-state index contributed by atoms with van der Waals surface area (Å²) < 4.78 is 4.52. The summed E-state index contributed by atoms with van der Waals surface area (Å²) in [5.41, 5.74) is 1.62. The molecule has 0 bridgehead atoms. The van der Waals surface area contributed by atoms with Gasteiger partial charge in [0.15, 0.2) is 0 Å². The van der Waals surface area contributed by atoms with Crippen molar-refractivity contribution in [1.29, 1.82) is 0 Å². The zero-order valence-corrected chi connectivity index (χ0v) is 9.89. The van der Waals surface area contributed by atoms with Crippen LogP contribution >= 0.6 is 23.2 Å². The summed E-state index contributed by atoms with van der Waals surface area (Å²) in [6, 6.07) is 5.19. The molecule has 0 N–H and O–H groups in total. The highest BCUT2D eigenvalue weighted by molar-refractivity contribution is 6.42. The molecule has 0 aromatic heterocycles. The molecule has 1 aromatic rings. The summed E-state index contributed by atoms with van der Waals surface area (Å²) in [6.45, 7) is 1.80. The highest BCUT2D eigenvalue weighted by Gasteiger charge is 2.03. The van der Waals surface area contributed by atoms with Crippen molar-refractivity contribution < 1.29 is 9.53 Å². The van der Waals surface area contributed by atoms with E-state index in [0.29, 0.717) is 10.0 Å². The molecule has 15 heavy (non-hydrogen) atoms. The number of carbonyl (C=O) groups excluding carboxylic acids is 1. The molecule has 1 rings (SSSR count). The average molecular weight is 245 g/mol. The Morgan fingerprint density at radius 1 is 1.33 bits per heavy atom. The normalized spacial score (nSPS) is 11.3. The average Bonchev–Trinajstić information content (AvgIpc) is 2.21. The molecule has 0 spiro atoms. The lowest BCUT2D eigenvalue weighted by molar-refractivity contribution is -0.134. The van der Waals surface area contributed by atoms with Crippen molar-refractivity contribution in [3.8, 4) is 0 Å². The number of rotatable bonds is 2. The lowest BCUT2D eigenvalue weighted by Crippen LogP contribution is -1.95. The summed E-state index contributed by atoms with van der Waals surface area (Å²) in [7, 11) is 1.33. The van der Waals surface area contributed by atoms with Crippen molar-refractivity contribution in [1.82, 2.24) is 0 Å². The minimum Gasteiger partial charge on any atom is -0.466 e. The van der Waals surface area contributed by atoms with Crippen molar-refractivity contribution in [2.75, 3.05) is 7.11 Å². The van der Waals surface area contributed by atoms with E-state index < -0.39 is 5.97 Å². The number of ether oxygens (including phenoxy) is 1. The molecule has 0 unspecified atom stereocenters. The van der Waals surface area contributed by atoms with E-state index in [1.54, 1.807) is 25.1 Å². The molecule has 0 radical (unpaired) electrons. The predicted molar refractivity (Wildman–Crippen MR) is 62.1 cm³/mol. The van der Waals surface area contributed by atoms with Crippen LogP contribution in [0.1, 0.15) is 12.5 Å². The third-order valence-electron chi connectivity index (χ3n) is 1.91. The van der Waals surface area contributed by atoms with Gasteiger partial charge >= 0.3 is 5.97 Å². The number of esters is 1. The third-order valence-corrected chi connectivity index (χ3v) is 2.65. The molecule has 80 valence electrons. The number of carbonyl (C=O) groups is 1. The molecule has 0 saturated heterocycles. The van der Waals surface area contributed by atoms with E-state index in [0.717, 1.165) is 11.1 Å². The number of methoxy groups -OCH3 is 1. The van der Waals surface area contributed by atoms with Crippen LogP contribution in [0, 0.1) is 0 Å². The van der Waals surface area contributed by atoms with Crippen molar-refractivity contribution in [3.05, 3.63) is 39.9 Å². The molecule has 0 atom stereocenters. The molecule has 0 heterocycles. The Kier molecular flexibility index (Phi) is 4.18. The lowest BCUT2D eigenvalue weighted by Gasteiger charge is -2.03. The SMILES string of the molecule is COC(=O)/C=C(/C)c1ccc(Cl)c(Cl)c1. The van der Waals surface area contributed by atoms with Gasteiger partial charge in [0, 0.05) is 6.08 Å². The van der Waals surface area contributed by atoms with Gasteiger partial charge in [-0.2, -0.15) is 0 Å². The van der Waals surface area contributed by atoms with Crippen LogP contribution in [0.2, 0.25) is 10.0 Å². The Bertz CT molecular complexity index is 411. The molecule has 0 amide bonds. The highest BCUT2D eigenvalue weighted by atomic mass is 35.5. The first-order chi connectivity index (χ1) is 7.04. The van der Waals surface area contributed by atoms with Gasteiger partial charge in [-0.25, -0.2) is 4.79 Å². The molecule has 0 aliphatic carbocycles. The van der Waals surface area contributed by atoms with E-state index >= 15 is 0 Å². The Balaban J connectivity index is 3.01. The fourth-order valence-corrected chi connectivity index (χ4v) is 1.36. The lowest BCUT2D eigenvalue weighted by atomic mass is 10.1. The van der Waals surface area contributed by atoms with Gasteiger partial charge in [-0.3, -0.25) is 0 Å². The second-order valence-electron chi connectivity index (χ2n) is 2.98. The maximum absolute atomic E-state index is 11.0. The Labute approximate surface area is 98.4 Å². The molecular weight excluding hydrogens is 235 g/mol. The summed E-state index contributed by atoms with van der Waals surface area (Å²) in [5, 5.41) is 0.957. The summed E-state index contributed by atoms with van der Waals surface area (Å²) >= 11 is 11.6. The minimum absolute atomic E-state index is 0.390. The molecule has 2 nitrogen and oxygen atoms in total. The fraction of sp³-hybridized carbons (Fsp3) is 0.182. The number of allylic oxidation sites excluding steroid dienone is 1. The Hall–Kier alpha value is -0.990. The van der Waals surface area contributed by atoms with Gasteiger partial charge in [0.2, 0.25) is 0 Å². The molecule has 0 aliphatic rings. The van der Waals surface area contributed by atoms with Gasteiger partial charge in [0.1, 0.15) is 0 Å². The van der Waals surface area contributed by atoms with Gasteiger partial charge in [-0.1, -0.05) is 29.3 Å². The van der Waals surface area contributed by atoms with Gasteiger partial charge in [0.25, 0.3) is 0 Å². The Morgan fingerprint density at radius 2 is 2.00 bits per heavy atom. The number of halogens is 2. The second-order valence-corrected chi connectivity index (χ2v) is 3.79. The number of hydrogen-bond acceptors (Lipinski definition) is 2. The molecule has 0 fully saturated rings. The molecule has 4 heteroatoms. The summed E-state index contributed by atoms with van der Waals surface area (Å²) in [5.74, 6) is -0.390. The molecule has 0 aliphatic heterocycles. The Morgan fingerprint density at radius 3 is 2.53 bits per heavy atom. The van der Waals surface area contributed by atoms with E-state index in [4.69, 9.17) is 23.2 Å². The van der Waals surface area contributed by atoms with E-state index in [-0.39, 0.29) is 0 Å². The molecule has 0 saturated carbocycles. The molecular formula is C11H10Cl2O2. The third kappa shape index (κ3) is 3.26. The minimum atomic E-state index is -0.390. The van der Waals surface area contributed by atoms with Crippen molar-refractivity contribution in [2.24, 2.45) is 0 Å². The van der Waals surface area contributed by atoms with Gasteiger partial charge < -0.3 is 4.74 Å². The maximum atomic E-state index is 11.0. The van der Waals surface area contributed by atoms with Gasteiger partial charge in [-0.15, -0.1) is 0 Å². The van der Waals surface area contributed by atoms with Crippen LogP contribution in [-0.2, 0) is 9.53 Å². The number of hydrogen-bond donors (Lipinski definition) is 0. The van der Waals surface area contributed by atoms with E-state index in [2.05, 4.69) is 4.74 Å². The fourth-order valence-electron chi connectivity index (χ4n) is 1.06. The predicted octanol–water partition coefficient (Wildman–Crippen LogP) is 3.57. The number of benzene rings is 1.